The van der Waals surface area contributed by atoms with Crippen molar-refractivity contribution in [2.75, 3.05) is 7.11 Å². The van der Waals surface area contributed by atoms with Crippen molar-refractivity contribution in [3.63, 3.8) is 0 Å². The number of halogens is 1. The number of nitrogens with zero attached hydrogens (tertiary/aromatic N) is 3. The number of hydrogen-bond donors (Lipinski definition) is 1. The predicted octanol–water partition coefficient (Wildman–Crippen LogP) is 0.878. The van der Waals surface area contributed by atoms with Crippen molar-refractivity contribution in [3.8, 4) is 11.8 Å². The van der Waals surface area contributed by atoms with Crippen LogP contribution in [-0.4, -0.2) is 27.2 Å². The molecule has 0 fully saturated rings. The van der Waals surface area contributed by atoms with Crippen molar-refractivity contribution < 1.29 is 14.2 Å². The molecule has 0 bridgehead atoms. The standard InChI is InChI=1S/C8H6FN3O2/c1-14-8-5-6(4(9)2-10-8)11-3-12-7(5)13/h2-3H,1H3,(H,11,12,13). The summed E-state index contributed by atoms with van der Waals surface area (Å²) in [5, 5.41) is 9.45. The Balaban J connectivity index is 2.92. The van der Waals surface area contributed by atoms with Crippen molar-refractivity contribution in [3.05, 3.63) is 18.3 Å². The molecular formula is C8H6FN3O2. The fourth-order valence-electron chi connectivity index (χ4n) is 1.15. The summed E-state index contributed by atoms with van der Waals surface area (Å²) in [6.07, 6.45) is 2.05. The molecule has 0 saturated heterocycles. The van der Waals surface area contributed by atoms with Gasteiger partial charge >= 0.3 is 0 Å². The molecule has 0 spiro atoms. The van der Waals surface area contributed by atoms with E-state index in [0.717, 1.165) is 12.5 Å². The minimum atomic E-state index is -0.626. The Bertz CT molecular complexity index is 489. The first kappa shape index (κ1) is 8.61. The van der Waals surface area contributed by atoms with Crippen molar-refractivity contribution in [1.29, 1.82) is 0 Å². The molecule has 6 heteroatoms. The molecule has 2 aromatic heterocycles. The van der Waals surface area contributed by atoms with E-state index in [2.05, 4.69) is 15.0 Å². The maximum absolute atomic E-state index is 13.2. The summed E-state index contributed by atoms with van der Waals surface area (Å²) in [5.74, 6) is -0.878. The van der Waals surface area contributed by atoms with Gasteiger partial charge in [-0.05, 0) is 0 Å². The molecule has 0 aliphatic heterocycles. The average molecular weight is 195 g/mol. The zero-order valence-electron chi connectivity index (χ0n) is 7.23. The molecule has 0 aliphatic carbocycles. The number of aromatic nitrogens is 3. The molecule has 2 aromatic rings. The van der Waals surface area contributed by atoms with Crippen LogP contribution >= 0.6 is 0 Å². The monoisotopic (exact) mass is 195 g/mol. The van der Waals surface area contributed by atoms with Gasteiger partial charge in [0.15, 0.2) is 5.82 Å². The molecule has 1 N–H and O–H groups in total. The van der Waals surface area contributed by atoms with Gasteiger partial charge in [-0.1, -0.05) is 0 Å². The summed E-state index contributed by atoms with van der Waals surface area (Å²) in [4.78, 5) is 10.8. The van der Waals surface area contributed by atoms with E-state index < -0.39 is 5.82 Å². The number of rotatable bonds is 1. The van der Waals surface area contributed by atoms with Crippen LogP contribution in [0, 0.1) is 5.82 Å². The highest BCUT2D eigenvalue weighted by atomic mass is 19.1. The smallest absolute Gasteiger partial charge is 0.228 e. The van der Waals surface area contributed by atoms with E-state index in [1.54, 1.807) is 0 Å². The van der Waals surface area contributed by atoms with Crippen LogP contribution in [0.5, 0.6) is 11.8 Å². The molecule has 0 aliphatic rings. The zero-order valence-corrected chi connectivity index (χ0v) is 7.23. The number of hydrogen-bond acceptors (Lipinski definition) is 5. The molecule has 2 rings (SSSR count). The predicted molar refractivity (Wildman–Crippen MR) is 45.5 cm³/mol. The lowest BCUT2D eigenvalue weighted by Gasteiger charge is -2.04. The highest BCUT2D eigenvalue weighted by Crippen LogP contribution is 2.29. The van der Waals surface area contributed by atoms with Crippen LogP contribution in [0.2, 0.25) is 0 Å². The second-order valence-corrected chi connectivity index (χ2v) is 2.54. The van der Waals surface area contributed by atoms with Gasteiger partial charge in [-0.3, -0.25) is 0 Å². The number of fused-ring (bicyclic) bond motifs is 1. The summed E-state index contributed by atoms with van der Waals surface area (Å²) in [6, 6.07) is 0. The molecule has 2 heterocycles. The van der Waals surface area contributed by atoms with Crippen LogP contribution in [0.4, 0.5) is 4.39 Å². The van der Waals surface area contributed by atoms with E-state index >= 15 is 0 Å². The van der Waals surface area contributed by atoms with Gasteiger partial charge < -0.3 is 9.84 Å². The van der Waals surface area contributed by atoms with Crippen LogP contribution in [-0.2, 0) is 0 Å². The zero-order chi connectivity index (χ0) is 10.1. The lowest BCUT2D eigenvalue weighted by molar-refractivity contribution is 0.396. The highest BCUT2D eigenvalue weighted by molar-refractivity contribution is 5.87. The van der Waals surface area contributed by atoms with E-state index in [9.17, 15) is 9.50 Å². The number of methoxy groups -OCH3 is 1. The van der Waals surface area contributed by atoms with Crippen molar-refractivity contribution in [2.24, 2.45) is 0 Å². The van der Waals surface area contributed by atoms with Crippen LogP contribution < -0.4 is 4.74 Å². The Kier molecular flexibility index (Phi) is 1.88. The molecule has 72 valence electrons. The molecule has 0 unspecified atom stereocenters. The van der Waals surface area contributed by atoms with E-state index in [1.807, 2.05) is 0 Å². The maximum atomic E-state index is 13.2. The molecule has 0 aromatic carbocycles. The van der Waals surface area contributed by atoms with Gasteiger partial charge in [0.1, 0.15) is 17.2 Å². The Morgan fingerprint density at radius 3 is 2.86 bits per heavy atom. The van der Waals surface area contributed by atoms with Crippen LogP contribution in [0.15, 0.2) is 12.5 Å². The summed E-state index contributed by atoms with van der Waals surface area (Å²) < 4.78 is 18.0. The van der Waals surface area contributed by atoms with E-state index in [-0.39, 0.29) is 22.7 Å². The molecule has 5 nitrogen and oxygen atoms in total. The number of aromatic hydroxyl groups is 1. The van der Waals surface area contributed by atoms with Gasteiger partial charge in [-0.25, -0.2) is 19.3 Å². The molecule has 14 heavy (non-hydrogen) atoms. The van der Waals surface area contributed by atoms with Gasteiger partial charge in [0, 0.05) is 0 Å². The van der Waals surface area contributed by atoms with Crippen molar-refractivity contribution in [2.45, 2.75) is 0 Å². The Morgan fingerprint density at radius 1 is 1.36 bits per heavy atom. The highest BCUT2D eigenvalue weighted by Gasteiger charge is 2.13. The maximum Gasteiger partial charge on any atom is 0.228 e. The molecule has 0 saturated carbocycles. The molecule has 0 radical (unpaired) electrons. The fraction of sp³-hybridized carbons (Fsp3) is 0.125. The third kappa shape index (κ3) is 1.12. The molecule has 0 amide bonds. The summed E-state index contributed by atoms with van der Waals surface area (Å²) in [5.41, 5.74) is -0.00986. The minimum absolute atomic E-state index is 0.00986. The van der Waals surface area contributed by atoms with Crippen molar-refractivity contribution in [1.82, 2.24) is 15.0 Å². The van der Waals surface area contributed by atoms with Gasteiger partial charge in [0.25, 0.3) is 0 Å². The SMILES string of the molecule is COc1ncc(F)c2ncnc(O)c12. The minimum Gasteiger partial charge on any atom is -0.493 e. The average Bonchev–Trinajstić information content (AvgIpc) is 2.20. The van der Waals surface area contributed by atoms with Gasteiger partial charge in [-0.2, -0.15) is 0 Å². The second kappa shape index (κ2) is 3.06. The van der Waals surface area contributed by atoms with Gasteiger partial charge in [-0.15, -0.1) is 0 Å². The summed E-state index contributed by atoms with van der Waals surface area (Å²) in [7, 11) is 1.37. The number of ether oxygens (including phenoxy) is 1. The molecular weight excluding hydrogens is 189 g/mol. The Hall–Kier alpha value is -1.98. The van der Waals surface area contributed by atoms with Crippen LogP contribution in [0.1, 0.15) is 0 Å². The number of pyridine rings is 1. The van der Waals surface area contributed by atoms with E-state index in [1.165, 1.54) is 7.11 Å². The lowest BCUT2D eigenvalue weighted by Crippen LogP contribution is -1.94. The van der Waals surface area contributed by atoms with Crippen molar-refractivity contribution >= 4 is 10.9 Å². The van der Waals surface area contributed by atoms with Crippen LogP contribution in [0.25, 0.3) is 10.9 Å². The third-order valence-corrected chi connectivity index (χ3v) is 1.76. The van der Waals surface area contributed by atoms with E-state index in [0.29, 0.717) is 0 Å². The third-order valence-electron chi connectivity index (χ3n) is 1.76. The van der Waals surface area contributed by atoms with Gasteiger partial charge in [0.05, 0.1) is 13.3 Å². The largest absolute Gasteiger partial charge is 0.493 e. The van der Waals surface area contributed by atoms with E-state index in [4.69, 9.17) is 4.74 Å². The first-order valence-electron chi connectivity index (χ1n) is 3.76. The van der Waals surface area contributed by atoms with Crippen LogP contribution in [0.3, 0.4) is 0 Å². The lowest BCUT2D eigenvalue weighted by atomic mass is 10.3. The fourth-order valence-corrected chi connectivity index (χ4v) is 1.15. The Morgan fingerprint density at radius 2 is 2.14 bits per heavy atom. The first-order chi connectivity index (χ1) is 6.74. The molecule has 0 atom stereocenters. The first-order valence-corrected chi connectivity index (χ1v) is 3.76. The normalized spacial score (nSPS) is 10.4. The summed E-state index contributed by atoms with van der Waals surface area (Å²) in [6.45, 7) is 0. The Labute approximate surface area is 78.2 Å². The topological polar surface area (TPSA) is 68.1 Å². The second-order valence-electron chi connectivity index (χ2n) is 2.54. The quantitative estimate of drug-likeness (QED) is 0.731. The van der Waals surface area contributed by atoms with Gasteiger partial charge in [0.2, 0.25) is 11.8 Å². The summed E-state index contributed by atoms with van der Waals surface area (Å²) >= 11 is 0.